The number of nitrogens with one attached hydrogen (secondary N) is 1. The molecule has 0 aromatic heterocycles. The fraction of sp³-hybridized carbons (Fsp3) is 0.391. The third-order valence-electron chi connectivity index (χ3n) is 6.14. The summed E-state index contributed by atoms with van der Waals surface area (Å²) in [5.74, 6) is 0.474. The van der Waals surface area contributed by atoms with Crippen LogP contribution < -0.4 is 5.32 Å². The van der Waals surface area contributed by atoms with Crippen LogP contribution >= 0.6 is 23.4 Å². The molecule has 0 unspecified atom stereocenters. The van der Waals surface area contributed by atoms with E-state index in [0.717, 1.165) is 23.4 Å². The minimum Gasteiger partial charge on any atom is -0.324 e. The van der Waals surface area contributed by atoms with E-state index in [2.05, 4.69) is 5.32 Å². The molecule has 2 aliphatic heterocycles. The number of carbonyl (C=O) groups is 2. The standard InChI is InChI=1S/C23H23ClF3N3O2S/c1-15-2-7-18(14-19(15)24)28-21(32)29-10-8-22(9-11-29)30(12-13-33-22)20(31)16-3-5-17(6-4-16)23(25,26)27/h2-7,14H,8-13H2,1H3,(H,28,32). The van der Waals surface area contributed by atoms with Gasteiger partial charge in [-0.15, -0.1) is 11.8 Å². The van der Waals surface area contributed by atoms with Gasteiger partial charge in [0.05, 0.1) is 10.4 Å². The maximum absolute atomic E-state index is 13.1. The molecule has 0 bridgehead atoms. The van der Waals surface area contributed by atoms with Crippen LogP contribution in [0.3, 0.4) is 0 Å². The number of anilines is 1. The summed E-state index contributed by atoms with van der Waals surface area (Å²) in [6, 6.07) is 9.45. The highest BCUT2D eigenvalue weighted by atomic mass is 35.5. The predicted molar refractivity (Wildman–Crippen MR) is 124 cm³/mol. The monoisotopic (exact) mass is 497 g/mol. The molecule has 4 rings (SSSR count). The molecule has 2 saturated heterocycles. The Morgan fingerprint density at radius 2 is 1.73 bits per heavy atom. The van der Waals surface area contributed by atoms with E-state index in [1.807, 2.05) is 13.0 Å². The van der Waals surface area contributed by atoms with Crippen molar-refractivity contribution in [3.8, 4) is 0 Å². The first-order chi connectivity index (χ1) is 15.6. The van der Waals surface area contributed by atoms with Crippen LogP contribution in [-0.2, 0) is 6.18 Å². The van der Waals surface area contributed by atoms with Gasteiger partial charge in [-0.05, 0) is 61.7 Å². The van der Waals surface area contributed by atoms with Gasteiger partial charge in [-0.25, -0.2) is 4.79 Å². The van der Waals surface area contributed by atoms with E-state index in [0.29, 0.717) is 43.2 Å². The predicted octanol–water partition coefficient (Wildman–Crippen LogP) is 5.88. The first-order valence-corrected chi connectivity index (χ1v) is 11.9. The van der Waals surface area contributed by atoms with Crippen molar-refractivity contribution in [2.75, 3.05) is 30.7 Å². The number of rotatable bonds is 2. The fourth-order valence-electron chi connectivity index (χ4n) is 4.20. The minimum absolute atomic E-state index is 0.228. The molecule has 3 amide bonds. The molecular formula is C23H23ClF3N3O2S. The molecule has 2 aromatic carbocycles. The van der Waals surface area contributed by atoms with Crippen molar-refractivity contribution in [3.05, 3.63) is 64.2 Å². The van der Waals surface area contributed by atoms with Crippen LogP contribution in [0.1, 0.15) is 34.3 Å². The highest BCUT2D eigenvalue weighted by Crippen LogP contribution is 2.44. The number of benzene rings is 2. The van der Waals surface area contributed by atoms with Gasteiger partial charge in [0, 0.05) is 41.7 Å². The molecule has 2 fully saturated rings. The van der Waals surface area contributed by atoms with Gasteiger partial charge in [-0.1, -0.05) is 17.7 Å². The van der Waals surface area contributed by atoms with Crippen molar-refractivity contribution in [2.24, 2.45) is 0 Å². The largest absolute Gasteiger partial charge is 0.416 e. The molecule has 1 spiro atoms. The van der Waals surface area contributed by atoms with Gasteiger partial charge in [-0.3, -0.25) is 4.79 Å². The molecule has 10 heteroatoms. The second-order valence-electron chi connectivity index (χ2n) is 8.21. The molecular weight excluding hydrogens is 475 g/mol. The van der Waals surface area contributed by atoms with Gasteiger partial charge in [0.15, 0.2) is 0 Å². The molecule has 33 heavy (non-hydrogen) atoms. The van der Waals surface area contributed by atoms with Crippen molar-refractivity contribution >= 4 is 41.0 Å². The fourth-order valence-corrected chi connectivity index (χ4v) is 5.84. The van der Waals surface area contributed by atoms with E-state index in [-0.39, 0.29) is 17.5 Å². The van der Waals surface area contributed by atoms with E-state index in [9.17, 15) is 22.8 Å². The third-order valence-corrected chi connectivity index (χ3v) is 8.10. The van der Waals surface area contributed by atoms with Gasteiger partial charge < -0.3 is 15.1 Å². The molecule has 2 heterocycles. The zero-order valence-electron chi connectivity index (χ0n) is 17.9. The van der Waals surface area contributed by atoms with E-state index >= 15 is 0 Å². The van der Waals surface area contributed by atoms with E-state index in [1.165, 1.54) is 12.1 Å². The summed E-state index contributed by atoms with van der Waals surface area (Å²) in [5.41, 5.74) is 0.996. The first-order valence-electron chi connectivity index (χ1n) is 10.5. The second-order valence-corrected chi connectivity index (χ2v) is 10.1. The molecule has 2 aromatic rings. The number of hydrogen-bond acceptors (Lipinski definition) is 3. The first kappa shape index (κ1) is 23.8. The summed E-state index contributed by atoms with van der Waals surface area (Å²) in [6.07, 6.45) is -3.26. The summed E-state index contributed by atoms with van der Waals surface area (Å²) < 4.78 is 38.5. The molecule has 1 N–H and O–H groups in total. The summed E-state index contributed by atoms with van der Waals surface area (Å²) in [6.45, 7) is 3.35. The number of amides is 3. The normalized spacial score (nSPS) is 18.0. The summed E-state index contributed by atoms with van der Waals surface area (Å²) in [4.78, 5) is 28.8. The average molecular weight is 498 g/mol. The number of urea groups is 1. The Morgan fingerprint density at radius 3 is 2.33 bits per heavy atom. The number of thioether (sulfide) groups is 1. The molecule has 0 radical (unpaired) electrons. The quantitative estimate of drug-likeness (QED) is 0.563. The lowest BCUT2D eigenvalue weighted by molar-refractivity contribution is -0.137. The average Bonchev–Trinajstić information content (AvgIpc) is 3.18. The van der Waals surface area contributed by atoms with Gasteiger partial charge in [0.1, 0.15) is 0 Å². The summed E-state index contributed by atoms with van der Waals surface area (Å²) >= 11 is 7.81. The van der Waals surface area contributed by atoms with Crippen molar-refractivity contribution in [2.45, 2.75) is 30.8 Å². The number of aryl methyl sites for hydroxylation is 1. The second kappa shape index (κ2) is 9.10. The van der Waals surface area contributed by atoms with Crippen LogP contribution in [0.5, 0.6) is 0 Å². The highest BCUT2D eigenvalue weighted by molar-refractivity contribution is 8.00. The number of hydrogen-bond donors (Lipinski definition) is 1. The number of likely N-dealkylation sites (tertiary alicyclic amines) is 1. The molecule has 2 aliphatic rings. The molecule has 176 valence electrons. The topological polar surface area (TPSA) is 52.7 Å². The SMILES string of the molecule is Cc1ccc(NC(=O)N2CCC3(CC2)SCCN3C(=O)c2ccc(C(F)(F)F)cc2)cc1Cl. The van der Waals surface area contributed by atoms with E-state index in [4.69, 9.17) is 11.6 Å². The van der Waals surface area contributed by atoms with Crippen molar-refractivity contribution in [3.63, 3.8) is 0 Å². The zero-order valence-corrected chi connectivity index (χ0v) is 19.5. The number of piperidine rings is 1. The Labute approximate surface area is 199 Å². The van der Waals surface area contributed by atoms with Crippen LogP contribution in [0.4, 0.5) is 23.7 Å². The Morgan fingerprint density at radius 1 is 1.06 bits per heavy atom. The van der Waals surface area contributed by atoms with Crippen LogP contribution in [-0.4, -0.2) is 52.0 Å². The molecule has 0 saturated carbocycles. The van der Waals surface area contributed by atoms with Crippen molar-refractivity contribution in [1.82, 2.24) is 9.80 Å². The maximum atomic E-state index is 13.1. The molecule has 5 nitrogen and oxygen atoms in total. The van der Waals surface area contributed by atoms with Crippen molar-refractivity contribution in [1.29, 1.82) is 0 Å². The van der Waals surface area contributed by atoms with Gasteiger partial charge in [-0.2, -0.15) is 13.2 Å². The van der Waals surface area contributed by atoms with Gasteiger partial charge >= 0.3 is 12.2 Å². The minimum atomic E-state index is -4.44. The molecule has 0 aliphatic carbocycles. The third kappa shape index (κ3) is 4.94. The zero-order chi connectivity index (χ0) is 23.8. The summed E-state index contributed by atoms with van der Waals surface area (Å²) in [5, 5.41) is 3.43. The smallest absolute Gasteiger partial charge is 0.324 e. The van der Waals surface area contributed by atoms with Crippen molar-refractivity contribution < 1.29 is 22.8 Å². The number of carbonyl (C=O) groups excluding carboxylic acids is 2. The summed E-state index contributed by atoms with van der Waals surface area (Å²) in [7, 11) is 0. The van der Waals surface area contributed by atoms with E-state index < -0.39 is 16.6 Å². The lowest BCUT2D eigenvalue weighted by Gasteiger charge is -2.44. The highest BCUT2D eigenvalue weighted by Gasteiger charge is 2.47. The molecule has 0 atom stereocenters. The van der Waals surface area contributed by atoms with E-state index in [1.54, 1.807) is 33.7 Å². The maximum Gasteiger partial charge on any atom is 0.416 e. The van der Waals surface area contributed by atoms with Crippen LogP contribution in [0.25, 0.3) is 0 Å². The Hall–Kier alpha value is -2.39. The number of halogens is 4. The van der Waals surface area contributed by atoms with Crippen LogP contribution in [0.15, 0.2) is 42.5 Å². The van der Waals surface area contributed by atoms with Crippen LogP contribution in [0, 0.1) is 6.92 Å². The number of nitrogens with zero attached hydrogens (tertiary/aromatic N) is 2. The lowest BCUT2D eigenvalue weighted by Crippen LogP contribution is -2.54. The number of alkyl halides is 3. The van der Waals surface area contributed by atoms with Gasteiger partial charge in [0.25, 0.3) is 5.91 Å². The Kier molecular flexibility index (Phi) is 6.55. The lowest BCUT2D eigenvalue weighted by atomic mass is 10.0. The van der Waals surface area contributed by atoms with Crippen LogP contribution in [0.2, 0.25) is 5.02 Å². The Balaban J connectivity index is 1.40. The van der Waals surface area contributed by atoms with Gasteiger partial charge in [0.2, 0.25) is 0 Å². The Bertz CT molecular complexity index is 1050.